The summed E-state index contributed by atoms with van der Waals surface area (Å²) >= 11 is 1.78. The molecule has 1 aromatic heterocycles. The van der Waals surface area contributed by atoms with E-state index in [4.69, 9.17) is 0 Å². The number of aryl methyl sites for hydroxylation is 2. The summed E-state index contributed by atoms with van der Waals surface area (Å²) in [4.78, 5) is 5.59. The van der Waals surface area contributed by atoms with Gasteiger partial charge in [0.25, 0.3) is 0 Å². The molecule has 0 N–H and O–H groups in total. The van der Waals surface area contributed by atoms with Gasteiger partial charge in [-0.25, -0.2) is 4.98 Å². The Balaban J connectivity index is 2.18. The van der Waals surface area contributed by atoms with Crippen LogP contribution in [0.2, 0.25) is 0 Å². The normalized spacial score (nSPS) is 10.4. The molecule has 0 unspecified atom stereocenters. The molecule has 14 heavy (non-hydrogen) atoms. The Bertz CT molecular complexity index is 431. The van der Waals surface area contributed by atoms with Gasteiger partial charge in [-0.3, -0.25) is 0 Å². The lowest BCUT2D eigenvalue weighted by Crippen LogP contribution is -1.84. The Morgan fingerprint density at radius 3 is 2.79 bits per heavy atom. The number of nitrogens with zero attached hydrogens (tertiary/aromatic N) is 1. The predicted octanol–water partition coefficient (Wildman–Crippen LogP) is 3.35. The first-order chi connectivity index (χ1) is 6.74. The van der Waals surface area contributed by atoms with Crippen molar-refractivity contribution in [3.05, 3.63) is 51.5 Å². The van der Waals surface area contributed by atoms with E-state index >= 15 is 0 Å². The maximum absolute atomic E-state index is 4.25. The Morgan fingerprint density at radius 1 is 1.29 bits per heavy atom. The SMILES string of the molecule is Cc1cccc(Cc2cnc(C)s2)c1. The zero-order valence-electron chi connectivity index (χ0n) is 8.45. The highest BCUT2D eigenvalue weighted by Gasteiger charge is 1.99. The van der Waals surface area contributed by atoms with Gasteiger partial charge in [-0.15, -0.1) is 11.3 Å². The second-order valence-electron chi connectivity index (χ2n) is 3.51. The molecule has 1 nitrogen and oxygen atoms in total. The summed E-state index contributed by atoms with van der Waals surface area (Å²) in [5.74, 6) is 0. The van der Waals surface area contributed by atoms with Crippen LogP contribution in [0.3, 0.4) is 0 Å². The summed E-state index contributed by atoms with van der Waals surface area (Å²) in [5.41, 5.74) is 2.69. The van der Waals surface area contributed by atoms with E-state index in [1.165, 1.54) is 16.0 Å². The molecule has 72 valence electrons. The quantitative estimate of drug-likeness (QED) is 0.729. The van der Waals surface area contributed by atoms with Crippen LogP contribution in [0.15, 0.2) is 30.5 Å². The second-order valence-corrected chi connectivity index (χ2v) is 4.83. The first kappa shape index (κ1) is 9.41. The Kier molecular flexibility index (Phi) is 2.64. The van der Waals surface area contributed by atoms with E-state index in [1.807, 2.05) is 13.1 Å². The molecule has 0 amide bonds. The van der Waals surface area contributed by atoms with Gasteiger partial charge in [-0.2, -0.15) is 0 Å². The lowest BCUT2D eigenvalue weighted by Gasteiger charge is -1.99. The van der Waals surface area contributed by atoms with Crippen molar-refractivity contribution in [1.82, 2.24) is 4.98 Å². The molecule has 0 saturated heterocycles. The summed E-state index contributed by atoms with van der Waals surface area (Å²) in [6, 6.07) is 8.64. The Hall–Kier alpha value is -1.15. The van der Waals surface area contributed by atoms with E-state index in [2.05, 4.69) is 36.2 Å². The molecule has 0 spiro atoms. The summed E-state index contributed by atoms with van der Waals surface area (Å²) < 4.78 is 0. The molecule has 1 heterocycles. The van der Waals surface area contributed by atoms with E-state index in [1.54, 1.807) is 11.3 Å². The van der Waals surface area contributed by atoms with E-state index in [9.17, 15) is 0 Å². The summed E-state index contributed by atoms with van der Waals surface area (Å²) in [6.07, 6.45) is 2.98. The van der Waals surface area contributed by atoms with Gasteiger partial charge in [-0.1, -0.05) is 29.8 Å². The van der Waals surface area contributed by atoms with Crippen LogP contribution in [0.4, 0.5) is 0 Å². The van der Waals surface area contributed by atoms with Crippen molar-refractivity contribution < 1.29 is 0 Å². The highest BCUT2D eigenvalue weighted by molar-refractivity contribution is 7.11. The average molecular weight is 203 g/mol. The van der Waals surface area contributed by atoms with Gasteiger partial charge in [0.1, 0.15) is 0 Å². The Morgan fingerprint density at radius 2 is 2.14 bits per heavy atom. The van der Waals surface area contributed by atoms with Crippen molar-refractivity contribution in [2.45, 2.75) is 20.3 Å². The summed E-state index contributed by atoms with van der Waals surface area (Å²) in [7, 11) is 0. The van der Waals surface area contributed by atoms with E-state index < -0.39 is 0 Å². The number of hydrogen-bond acceptors (Lipinski definition) is 2. The standard InChI is InChI=1S/C12H13NS/c1-9-4-3-5-11(6-9)7-12-8-13-10(2)14-12/h3-6,8H,7H2,1-2H3. The third-order valence-corrected chi connectivity index (χ3v) is 3.04. The van der Waals surface area contributed by atoms with Crippen LogP contribution in [0, 0.1) is 13.8 Å². The van der Waals surface area contributed by atoms with Gasteiger partial charge >= 0.3 is 0 Å². The Labute approximate surface area is 88.4 Å². The molecule has 1 aromatic carbocycles. The first-order valence-electron chi connectivity index (χ1n) is 4.71. The van der Waals surface area contributed by atoms with Crippen LogP contribution in [0.1, 0.15) is 21.0 Å². The molecule has 0 atom stereocenters. The molecule has 0 saturated carbocycles. The van der Waals surface area contributed by atoms with Crippen LogP contribution in [0.25, 0.3) is 0 Å². The third-order valence-electron chi connectivity index (χ3n) is 2.13. The molecule has 0 fully saturated rings. The van der Waals surface area contributed by atoms with Crippen molar-refractivity contribution in [2.24, 2.45) is 0 Å². The van der Waals surface area contributed by atoms with E-state index in [0.717, 1.165) is 11.4 Å². The minimum atomic E-state index is 1.01. The summed E-state index contributed by atoms with van der Waals surface area (Å²) in [5, 5.41) is 1.15. The second kappa shape index (κ2) is 3.93. The van der Waals surface area contributed by atoms with E-state index in [-0.39, 0.29) is 0 Å². The van der Waals surface area contributed by atoms with Crippen molar-refractivity contribution in [1.29, 1.82) is 0 Å². The lowest BCUT2D eigenvalue weighted by atomic mass is 10.1. The molecule has 2 heteroatoms. The van der Waals surface area contributed by atoms with E-state index in [0.29, 0.717) is 0 Å². The number of benzene rings is 1. The monoisotopic (exact) mass is 203 g/mol. The molecule has 0 aliphatic rings. The third kappa shape index (κ3) is 2.20. The number of hydrogen-bond donors (Lipinski definition) is 0. The minimum absolute atomic E-state index is 1.01. The average Bonchev–Trinajstić information content (AvgIpc) is 2.51. The van der Waals surface area contributed by atoms with Gasteiger partial charge in [0.05, 0.1) is 5.01 Å². The molecule has 2 aromatic rings. The van der Waals surface area contributed by atoms with Gasteiger partial charge in [-0.05, 0) is 19.4 Å². The smallest absolute Gasteiger partial charge is 0.0896 e. The van der Waals surface area contributed by atoms with Gasteiger partial charge in [0, 0.05) is 17.5 Å². The van der Waals surface area contributed by atoms with Crippen molar-refractivity contribution in [3.63, 3.8) is 0 Å². The molecular formula is C12H13NS. The number of aromatic nitrogens is 1. The fourth-order valence-electron chi connectivity index (χ4n) is 1.51. The molecule has 2 rings (SSSR count). The summed E-state index contributed by atoms with van der Waals surface area (Å²) in [6.45, 7) is 4.17. The maximum atomic E-state index is 4.25. The van der Waals surface area contributed by atoms with Crippen LogP contribution in [-0.4, -0.2) is 4.98 Å². The molecular weight excluding hydrogens is 190 g/mol. The largest absolute Gasteiger partial charge is 0.250 e. The highest BCUT2D eigenvalue weighted by Crippen LogP contribution is 2.16. The molecule has 0 aliphatic carbocycles. The zero-order chi connectivity index (χ0) is 9.97. The van der Waals surface area contributed by atoms with Crippen LogP contribution in [0.5, 0.6) is 0 Å². The van der Waals surface area contributed by atoms with Crippen LogP contribution < -0.4 is 0 Å². The lowest BCUT2D eigenvalue weighted by molar-refractivity contribution is 1.19. The molecule has 0 aliphatic heterocycles. The predicted molar refractivity (Wildman–Crippen MR) is 60.8 cm³/mol. The highest BCUT2D eigenvalue weighted by atomic mass is 32.1. The van der Waals surface area contributed by atoms with Crippen molar-refractivity contribution >= 4 is 11.3 Å². The fraction of sp³-hybridized carbons (Fsp3) is 0.250. The minimum Gasteiger partial charge on any atom is -0.250 e. The first-order valence-corrected chi connectivity index (χ1v) is 5.52. The fourth-order valence-corrected chi connectivity index (χ4v) is 2.34. The van der Waals surface area contributed by atoms with Crippen molar-refractivity contribution in [2.75, 3.05) is 0 Å². The number of thiazole rings is 1. The van der Waals surface area contributed by atoms with Gasteiger partial charge in [0.2, 0.25) is 0 Å². The van der Waals surface area contributed by atoms with Gasteiger partial charge < -0.3 is 0 Å². The van der Waals surface area contributed by atoms with Crippen LogP contribution >= 0.6 is 11.3 Å². The van der Waals surface area contributed by atoms with Crippen LogP contribution in [-0.2, 0) is 6.42 Å². The maximum Gasteiger partial charge on any atom is 0.0896 e. The molecule has 0 radical (unpaired) electrons. The number of rotatable bonds is 2. The van der Waals surface area contributed by atoms with Crippen molar-refractivity contribution in [3.8, 4) is 0 Å². The molecule has 0 bridgehead atoms. The zero-order valence-corrected chi connectivity index (χ0v) is 9.27. The topological polar surface area (TPSA) is 12.9 Å². The van der Waals surface area contributed by atoms with Gasteiger partial charge in [0.15, 0.2) is 0 Å².